The van der Waals surface area contributed by atoms with E-state index in [9.17, 15) is 14.0 Å². The van der Waals surface area contributed by atoms with E-state index < -0.39 is 11.8 Å². The van der Waals surface area contributed by atoms with Gasteiger partial charge in [0.25, 0.3) is 0 Å². The average Bonchev–Trinajstić information content (AvgIpc) is 2.48. The Bertz CT molecular complexity index is 638. The fourth-order valence-electron chi connectivity index (χ4n) is 3.03. The monoisotopic (exact) mass is 371 g/mol. The van der Waals surface area contributed by atoms with E-state index in [1.807, 2.05) is 11.8 Å². The van der Waals surface area contributed by atoms with Crippen LogP contribution in [0.1, 0.15) is 38.3 Å². The molecule has 138 valence electrons. The first-order chi connectivity index (χ1) is 11.8. The first-order valence-corrected chi connectivity index (χ1v) is 8.65. The molecule has 0 saturated heterocycles. The van der Waals surface area contributed by atoms with Gasteiger partial charge in [0.1, 0.15) is 5.82 Å². The summed E-state index contributed by atoms with van der Waals surface area (Å²) in [5.41, 5.74) is 0.642. The minimum atomic E-state index is -0.846. The van der Waals surface area contributed by atoms with Crippen molar-refractivity contribution in [3.8, 4) is 0 Å². The molecule has 6 nitrogen and oxygen atoms in total. The average molecular weight is 372 g/mol. The number of rotatable bonds is 7. The van der Waals surface area contributed by atoms with Gasteiger partial charge in [0.15, 0.2) is 0 Å². The molecule has 0 heterocycles. The van der Waals surface area contributed by atoms with E-state index in [0.29, 0.717) is 12.1 Å². The zero-order valence-electron chi connectivity index (χ0n) is 14.3. The lowest BCUT2D eigenvalue weighted by atomic mass is 9.85. The summed E-state index contributed by atoms with van der Waals surface area (Å²) >= 11 is 6.00. The Morgan fingerprint density at radius 1 is 1.44 bits per heavy atom. The highest BCUT2D eigenvalue weighted by Gasteiger charge is 2.34. The van der Waals surface area contributed by atoms with Crippen LogP contribution in [0.4, 0.5) is 9.18 Å². The van der Waals surface area contributed by atoms with Gasteiger partial charge in [-0.15, -0.1) is 0 Å². The predicted molar refractivity (Wildman–Crippen MR) is 93.2 cm³/mol. The molecule has 3 N–H and O–H groups in total. The number of nitrogens with zero attached hydrogens (tertiary/aromatic N) is 1. The molecule has 1 aliphatic carbocycles. The molecule has 1 atom stereocenters. The minimum absolute atomic E-state index is 0.0141. The molecule has 25 heavy (non-hydrogen) atoms. The van der Waals surface area contributed by atoms with Crippen molar-refractivity contribution in [1.82, 2.24) is 15.5 Å². The lowest BCUT2D eigenvalue weighted by Crippen LogP contribution is -2.56. The van der Waals surface area contributed by atoms with Crippen molar-refractivity contribution in [2.24, 2.45) is 0 Å². The van der Waals surface area contributed by atoms with Crippen molar-refractivity contribution in [2.75, 3.05) is 13.1 Å². The summed E-state index contributed by atoms with van der Waals surface area (Å²) < 4.78 is 13.1. The maximum Gasteiger partial charge on any atom is 0.317 e. The zero-order chi connectivity index (χ0) is 18.6. The summed E-state index contributed by atoms with van der Waals surface area (Å²) in [6.45, 7) is 4.37. The molecule has 0 spiro atoms. The Morgan fingerprint density at radius 3 is 2.68 bits per heavy atom. The van der Waals surface area contributed by atoms with Crippen LogP contribution in [-0.2, 0) is 4.79 Å². The van der Waals surface area contributed by atoms with Gasteiger partial charge >= 0.3 is 12.0 Å². The number of likely N-dealkylation sites (N-methyl/N-ethyl adjacent to an activating group) is 1. The number of hydrogen-bond donors (Lipinski definition) is 3. The van der Waals surface area contributed by atoms with E-state index in [1.54, 1.807) is 13.0 Å². The summed E-state index contributed by atoms with van der Waals surface area (Å²) in [5.74, 6) is -1.27. The van der Waals surface area contributed by atoms with Crippen LogP contribution >= 0.6 is 11.6 Å². The van der Waals surface area contributed by atoms with Crippen LogP contribution in [0.5, 0.6) is 0 Å². The first-order valence-electron chi connectivity index (χ1n) is 8.28. The number of aliphatic carboxylic acids is 1. The van der Waals surface area contributed by atoms with E-state index >= 15 is 0 Å². The van der Waals surface area contributed by atoms with Gasteiger partial charge in [-0.05, 0) is 44.0 Å². The number of carboxylic acid groups (broad SMARTS) is 1. The summed E-state index contributed by atoms with van der Waals surface area (Å²) in [5, 5.41) is 14.8. The number of carbonyl (C=O) groups excluding carboxylic acids is 1. The first kappa shape index (κ1) is 19.5. The van der Waals surface area contributed by atoms with E-state index in [2.05, 4.69) is 10.6 Å². The smallest absolute Gasteiger partial charge is 0.317 e. The van der Waals surface area contributed by atoms with Crippen molar-refractivity contribution < 1.29 is 19.1 Å². The van der Waals surface area contributed by atoms with Crippen molar-refractivity contribution in [1.29, 1.82) is 0 Å². The lowest BCUT2D eigenvalue weighted by molar-refractivity contribution is -0.139. The van der Waals surface area contributed by atoms with Gasteiger partial charge in [0.05, 0.1) is 12.6 Å². The van der Waals surface area contributed by atoms with E-state index in [0.717, 1.165) is 12.8 Å². The molecular formula is C17H23ClFN3O3. The fourth-order valence-corrected chi connectivity index (χ4v) is 3.36. The van der Waals surface area contributed by atoms with Crippen molar-refractivity contribution in [3.05, 3.63) is 34.6 Å². The Balaban J connectivity index is 1.79. The van der Waals surface area contributed by atoms with Crippen LogP contribution in [-0.4, -0.2) is 47.2 Å². The Kier molecular flexibility index (Phi) is 6.61. The molecule has 1 unspecified atom stereocenters. The fraction of sp³-hybridized carbons (Fsp3) is 0.529. The molecule has 1 aliphatic rings. The molecule has 1 aromatic carbocycles. The highest BCUT2D eigenvalue weighted by molar-refractivity contribution is 6.31. The number of urea groups is 1. The van der Waals surface area contributed by atoms with Gasteiger partial charge in [-0.2, -0.15) is 0 Å². The van der Waals surface area contributed by atoms with Crippen LogP contribution < -0.4 is 10.6 Å². The highest BCUT2D eigenvalue weighted by atomic mass is 35.5. The van der Waals surface area contributed by atoms with Gasteiger partial charge in [-0.25, -0.2) is 9.18 Å². The summed E-state index contributed by atoms with van der Waals surface area (Å²) in [4.78, 5) is 24.8. The number of carboxylic acids is 1. The number of halogens is 2. The topological polar surface area (TPSA) is 81.7 Å². The van der Waals surface area contributed by atoms with E-state index in [1.165, 1.54) is 12.1 Å². The van der Waals surface area contributed by atoms with Crippen molar-refractivity contribution in [3.63, 3.8) is 0 Å². The quantitative estimate of drug-likeness (QED) is 0.688. The standard InChI is InChI=1S/C17H23ClFN3O3/c1-3-22(9-16(23)24)13-7-12(8-13)21-17(25)20-10(2)14-5-4-11(19)6-15(14)18/h4-6,10,12-13H,3,7-9H2,1-2H3,(H,23,24)(H2,20,21,25). The third kappa shape index (κ3) is 5.31. The van der Waals surface area contributed by atoms with E-state index in [4.69, 9.17) is 16.7 Å². The second-order valence-corrected chi connectivity index (χ2v) is 6.69. The van der Waals surface area contributed by atoms with Crippen LogP contribution in [0.2, 0.25) is 5.02 Å². The molecule has 1 fully saturated rings. The Morgan fingerprint density at radius 2 is 2.12 bits per heavy atom. The van der Waals surface area contributed by atoms with Gasteiger partial charge in [-0.1, -0.05) is 24.6 Å². The van der Waals surface area contributed by atoms with Crippen LogP contribution in [0.3, 0.4) is 0 Å². The molecule has 1 saturated carbocycles. The van der Waals surface area contributed by atoms with Gasteiger partial charge in [0.2, 0.25) is 0 Å². The normalized spacial score (nSPS) is 20.7. The highest BCUT2D eigenvalue weighted by Crippen LogP contribution is 2.26. The predicted octanol–water partition coefficient (Wildman–Crippen LogP) is 2.78. The maximum absolute atomic E-state index is 13.1. The van der Waals surface area contributed by atoms with Gasteiger partial charge in [-0.3, -0.25) is 9.69 Å². The molecule has 0 aromatic heterocycles. The summed E-state index contributed by atoms with van der Waals surface area (Å²) in [6.07, 6.45) is 1.44. The van der Waals surface area contributed by atoms with E-state index in [-0.39, 0.29) is 35.7 Å². The number of carbonyl (C=O) groups is 2. The van der Waals surface area contributed by atoms with Crippen LogP contribution in [0.15, 0.2) is 18.2 Å². The molecule has 1 aromatic rings. The van der Waals surface area contributed by atoms with Crippen molar-refractivity contribution >= 4 is 23.6 Å². The molecule has 0 radical (unpaired) electrons. The third-order valence-corrected chi connectivity index (χ3v) is 4.81. The molecule has 0 aliphatic heterocycles. The largest absolute Gasteiger partial charge is 0.480 e. The molecule has 2 rings (SSSR count). The number of hydrogen-bond acceptors (Lipinski definition) is 3. The molecule has 8 heteroatoms. The summed E-state index contributed by atoms with van der Waals surface area (Å²) in [6, 6.07) is 3.58. The molecule has 0 bridgehead atoms. The molecule has 2 amide bonds. The van der Waals surface area contributed by atoms with Crippen molar-refractivity contribution in [2.45, 2.75) is 44.8 Å². The Hall–Kier alpha value is -1.86. The zero-order valence-corrected chi connectivity index (χ0v) is 15.0. The second-order valence-electron chi connectivity index (χ2n) is 6.28. The third-order valence-electron chi connectivity index (χ3n) is 4.49. The summed E-state index contributed by atoms with van der Waals surface area (Å²) in [7, 11) is 0. The number of benzene rings is 1. The van der Waals surface area contributed by atoms with Gasteiger partial charge < -0.3 is 15.7 Å². The number of amides is 2. The second kappa shape index (κ2) is 8.49. The maximum atomic E-state index is 13.1. The molecular weight excluding hydrogens is 349 g/mol. The SMILES string of the molecule is CCN(CC(=O)O)C1CC(NC(=O)NC(C)c2ccc(F)cc2Cl)C1. The van der Waals surface area contributed by atoms with Gasteiger partial charge in [0, 0.05) is 17.1 Å². The number of nitrogens with one attached hydrogen (secondary N) is 2. The van der Waals surface area contributed by atoms with Crippen LogP contribution in [0.25, 0.3) is 0 Å². The Labute approximate surface area is 151 Å². The van der Waals surface area contributed by atoms with Crippen LogP contribution in [0, 0.1) is 5.82 Å². The lowest BCUT2D eigenvalue weighted by Gasteiger charge is -2.42. The minimum Gasteiger partial charge on any atom is -0.480 e.